The Hall–Kier alpha value is -1.20. The second kappa shape index (κ2) is 5.63. The van der Waals surface area contributed by atoms with Crippen LogP contribution in [-0.4, -0.2) is 14.8 Å². The summed E-state index contributed by atoms with van der Waals surface area (Å²) >= 11 is 7.73. The Labute approximate surface area is 116 Å². The Bertz CT molecular complexity index is 539. The van der Waals surface area contributed by atoms with Gasteiger partial charge in [0.15, 0.2) is 0 Å². The summed E-state index contributed by atoms with van der Waals surface area (Å²) in [5.74, 6) is 1.66. The molecular formula is C12H15ClN4S. The Balaban J connectivity index is 2.11. The summed E-state index contributed by atoms with van der Waals surface area (Å²) in [5.41, 5.74) is 6.46. The molecule has 0 bridgehead atoms. The molecule has 0 amide bonds. The van der Waals surface area contributed by atoms with E-state index in [4.69, 9.17) is 17.3 Å². The predicted molar refractivity (Wildman–Crippen MR) is 75.8 cm³/mol. The molecule has 0 spiro atoms. The first-order valence-corrected chi connectivity index (χ1v) is 7.00. The molecule has 0 aliphatic rings. The summed E-state index contributed by atoms with van der Waals surface area (Å²) < 4.78 is 1.91. The molecule has 2 rings (SSSR count). The van der Waals surface area contributed by atoms with E-state index in [0.717, 1.165) is 16.5 Å². The average molecular weight is 283 g/mol. The van der Waals surface area contributed by atoms with Crippen LogP contribution in [0, 0.1) is 0 Å². The fourth-order valence-electron chi connectivity index (χ4n) is 1.58. The van der Waals surface area contributed by atoms with E-state index in [9.17, 15) is 0 Å². The van der Waals surface area contributed by atoms with Gasteiger partial charge in [0, 0.05) is 16.6 Å². The number of aromatic nitrogens is 3. The molecule has 4 nitrogen and oxygen atoms in total. The monoisotopic (exact) mass is 282 g/mol. The lowest BCUT2D eigenvalue weighted by atomic mass is 10.3. The lowest BCUT2D eigenvalue weighted by Gasteiger charge is -2.09. The predicted octanol–water partition coefficient (Wildman–Crippen LogP) is 3.39. The summed E-state index contributed by atoms with van der Waals surface area (Å²) in [6.07, 6.45) is 1.58. The number of hydrogen-bond donors (Lipinski definition) is 1. The molecule has 0 aliphatic heterocycles. The Morgan fingerprint density at radius 3 is 2.94 bits per heavy atom. The first-order chi connectivity index (χ1) is 8.58. The van der Waals surface area contributed by atoms with Crippen molar-refractivity contribution in [1.29, 1.82) is 0 Å². The van der Waals surface area contributed by atoms with Gasteiger partial charge in [0.05, 0.1) is 10.8 Å². The molecule has 1 aromatic heterocycles. The van der Waals surface area contributed by atoms with Crippen LogP contribution in [0.4, 0.5) is 5.69 Å². The molecule has 96 valence electrons. The van der Waals surface area contributed by atoms with Crippen molar-refractivity contribution in [3.63, 3.8) is 0 Å². The van der Waals surface area contributed by atoms with Crippen LogP contribution in [0.5, 0.6) is 0 Å². The van der Waals surface area contributed by atoms with Gasteiger partial charge in [-0.15, -0.1) is 11.8 Å². The second-order valence-electron chi connectivity index (χ2n) is 4.19. The van der Waals surface area contributed by atoms with Crippen LogP contribution in [0.3, 0.4) is 0 Å². The van der Waals surface area contributed by atoms with Crippen LogP contribution in [0.1, 0.15) is 25.7 Å². The molecule has 0 unspecified atom stereocenters. The van der Waals surface area contributed by atoms with Crippen LogP contribution in [0.15, 0.2) is 29.4 Å². The lowest BCUT2D eigenvalue weighted by molar-refractivity contribution is 0.514. The van der Waals surface area contributed by atoms with Gasteiger partial charge >= 0.3 is 0 Å². The molecule has 6 heteroatoms. The largest absolute Gasteiger partial charge is 0.399 e. The van der Waals surface area contributed by atoms with Crippen molar-refractivity contribution in [2.75, 3.05) is 5.73 Å². The third-order valence-electron chi connectivity index (χ3n) is 2.45. The highest BCUT2D eigenvalue weighted by Gasteiger charge is 2.09. The number of hydrogen-bond acceptors (Lipinski definition) is 4. The van der Waals surface area contributed by atoms with E-state index < -0.39 is 0 Å². The smallest absolute Gasteiger partial charge is 0.138 e. The summed E-state index contributed by atoms with van der Waals surface area (Å²) in [5, 5.41) is 4.92. The molecule has 0 radical (unpaired) electrons. The number of nitrogens with zero attached hydrogens (tertiary/aromatic N) is 3. The van der Waals surface area contributed by atoms with E-state index in [1.807, 2.05) is 16.8 Å². The van der Waals surface area contributed by atoms with Crippen LogP contribution < -0.4 is 5.73 Å². The van der Waals surface area contributed by atoms with Crippen molar-refractivity contribution < 1.29 is 0 Å². The number of halogens is 1. The van der Waals surface area contributed by atoms with E-state index in [0.29, 0.717) is 16.8 Å². The van der Waals surface area contributed by atoms with Gasteiger partial charge in [-0.2, -0.15) is 5.10 Å². The average Bonchev–Trinajstić information content (AvgIpc) is 2.79. The molecule has 0 atom stereocenters. The summed E-state index contributed by atoms with van der Waals surface area (Å²) in [4.78, 5) is 5.23. The van der Waals surface area contributed by atoms with Crippen molar-refractivity contribution in [3.05, 3.63) is 35.4 Å². The minimum atomic E-state index is 0.305. The molecule has 18 heavy (non-hydrogen) atoms. The zero-order valence-corrected chi connectivity index (χ0v) is 11.9. The van der Waals surface area contributed by atoms with Gasteiger partial charge in [-0.05, 0) is 32.0 Å². The van der Waals surface area contributed by atoms with Gasteiger partial charge in [0.1, 0.15) is 12.2 Å². The van der Waals surface area contributed by atoms with E-state index in [1.165, 1.54) is 0 Å². The van der Waals surface area contributed by atoms with Crippen molar-refractivity contribution in [2.45, 2.75) is 30.5 Å². The van der Waals surface area contributed by atoms with Gasteiger partial charge in [-0.1, -0.05) is 11.6 Å². The third kappa shape index (κ3) is 2.97. The van der Waals surface area contributed by atoms with Gasteiger partial charge < -0.3 is 5.73 Å². The maximum Gasteiger partial charge on any atom is 0.138 e. The molecule has 2 N–H and O–H groups in total. The first-order valence-electron chi connectivity index (χ1n) is 5.64. The number of anilines is 1. The molecule has 1 heterocycles. The minimum Gasteiger partial charge on any atom is -0.399 e. The molecule has 0 saturated heterocycles. The van der Waals surface area contributed by atoms with Crippen molar-refractivity contribution >= 4 is 29.1 Å². The van der Waals surface area contributed by atoms with E-state index >= 15 is 0 Å². The number of nitrogens with two attached hydrogens (primary N) is 1. The number of thioether (sulfide) groups is 1. The molecule has 0 aliphatic carbocycles. The lowest BCUT2D eigenvalue weighted by Crippen LogP contribution is -2.07. The molecule has 0 fully saturated rings. The van der Waals surface area contributed by atoms with Crippen LogP contribution >= 0.6 is 23.4 Å². The number of rotatable bonds is 4. The topological polar surface area (TPSA) is 56.7 Å². The first kappa shape index (κ1) is 13.2. The Morgan fingerprint density at radius 2 is 2.22 bits per heavy atom. The van der Waals surface area contributed by atoms with Crippen LogP contribution in [0.2, 0.25) is 5.02 Å². The highest BCUT2D eigenvalue weighted by molar-refractivity contribution is 7.98. The van der Waals surface area contributed by atoms with Crippen molar-refractivity contribution in [1.82, 2.24) is 14.8 Å². The maximum absolute atomic E-state index is 6.12. The summed E-state index contributed by atoms with van der Waals surface area (Å²) in [6.45, 7) is 4.16. The van der Waals surface area contributed by atoms with Crippen LogP contribution in [0.25, 0.3) is 0 Å². The number of nitrogen functional groups attached to an aromatic ring is 1. The van der Waals surface area contributed by atoms with Crippen LogP contribution in [-0.2, 0) is 5.75 Å². The SMILES string of the molecule is CC(C)n1ncnc1CSc1cc(N)ccc1Cl. The van der Waals surface area contributed by atoms with Gasteiger partial charge in [0.2, 0.25) is 0 Å². The van der Waals surface area contributed by atoms with E-state index in [2.05, 4.69) is 23.9 Å². The molecule has 2 aromatic rings. The van der Waals surface area contributed by atoms with Crippen molar-refractivity contribution in [3.8, 4) is 0 Å². The number of benzene rings is 1. The fraction of sp³-hybridized carbons (Fsp3) is 0.333. The highest BCUT2D eigenvalue weighted by atomic mass is 35.5. The zero-order valence-electron chi connectivity index (χ0n) is 10.3. The fourth-order valence-corrected chi connectivity index (χ4v) is 2.78. The normalized spacial score (nSPS) is 11.1. The molecular weight excluding hydrogens is 268 g/mol. The minimum absolute atomic E-state index is 0.305. The third-order valence-corrected chi connectivity index (χ3v) is 3.94. The molecule has 0 saturated carbocycles. The van der Waals surface area contributed by atoms with E-state index in [-0.39, 0.29) is 0 Å². The van der Waals surface area contributed by atoms with Gasteiger partial charge in [-0.25, -0.2) is 9.67 Å². The van der Waals surface area contributed by atoms with Crippen molar-refractivity contribution in [2.24, 2.45) is 0 Å². The second-order valence-corrected chi connectivity index (χ2v) is 5.62. The zero-order chi connectivity index (χ0) is 13.1. The molecule has 1 aromatic carbocycles. The van der Waals surface area contributed by atoms with Gasteiger partial charge in [-0.3, -0.25) is 0 Å². The van der Waals surface area contributed by atoms with E-state index in [1.54, 1.807) is 24.2 Å². The summed E-state index contributed by atoms with van der Waals surface area (Å²) in [6, 6.07) is 5.79. The highest BCUT2D eigenvalue weighted by Crippen LogP contribution is 2.31. The Kier molecular flexibility index (Phi) is 4.14. The standard InChI is InChI=1S/C12H15ClN4S/c1-8(2)17-12(15-7-16-17)6-18-11-5-9(14)3-4-10(11)13/h3-5,7-8H,6,14H2,1-2H3. The Morgan fingerprint density at radius 1 is 1.44 bits per heavy atom. The van der Waals surface area contributed by atoms with Gasteiger partial charge in [0.25, 0.3) is 0 Å². The summed E-state index contributed by atoms with van der Waals surface area (Å²) in [7, 11) is 0. The quantitative estimate of drug-likeness (QED) is 0.690. The maximum atomic E-state index is 6.12.